The zero-order valence-electron chi connectivity index (χ0n) is 9.30. The van der Waals surface area contributed by atoms with Crippen molar-refractivity contribution < 1.29 is 9.53 Å². The molecule has 0 aliphatic heterocycles. The molecule has 0 aromatic carbocycles. The summed E-state index contributed by atoms with van der Waals surface area (Å²) in [6, 6.07) is 0.278. The van der Waals surface area contributed by atoms with Crippen molar-refractivity contribution in [2.75, 3.05) is 13.2 Å². The molecule has 4 heteroatoms. The number of hydrogen-bond acceptors (Lipinski definition) is 2. The molecule has 1 aliphatic carbocycles. The molecule has 1 rings (SSSR count). The molecule has 1 N–H and O–H groups in total. The fraction of sp³-hybridized carbons (Fsp3) is 0.909. The van der Waals surface area contributed by atoms with Gasteiger partial charge in [-0.1, -0.05) is 35.2 Å². The van der Waals surface area contributed by atoms with Gasteiger partial charge in [0.05, 0.1) is 0 Å². The monoisotopic (exact) mass is 277 g/mol. The number of carbonyl (C=O) groups excluding carboxylic acids is 1. The maximum atomic E-state index is 11.5. The predicted octanol–water partition coefficient (Wildman–Crippen LogP) is 2.24. The molecule has 15 heavy (non-hydrogen) atoms. The van der Waals surface area contributed by atoms with Crippen molar-refractivity contribution >= 4 is 21.8 Å². The van der Waals surface area contributed by atoms with Crippen LogP contribution >= 0.6 is 15.9 Å². The third-order valence-electron chi connectivity index (χ3n) is 2.72. The fourth-order valence-electron chi connectivity index (χ4n) is 1.87. The van der Waals surface area contributed by atoms with Crippen molar-refractivity contribution in [1.82, 2.24) is 5.32 Å². The lowest BCUT2D eigenvalue weighted by Gasteiger charge is -2.21. The number of ether oxygens (including phenoxy) is 1. The van der Waals surface area contributed by atoms with Gasteiger partial charge in [0.25, 0.3) is 0 Å². The van der Waals surface area contributed by atoms with Crippen molar-refractivity contribution in [3.8, 4) is 0 Å². The Bertz CT molecular complexity index is 199. The van der Waals surface area contributed by atoms with Gasteiger partial charge in [0, 0.05) is 17.5 Å². The van der Waals surface area contributed by atoms with E-state index in [1.54, 1.807) is 0 Å². The van der Waals surface area contributed by atoms with Crippen molar-refractivity contribution in [2.24, 2.45) is 0 Å². The first kappa shape index (κ1) is 13.0. The normalized spacial score (nSPS) is 27.1. The van der Waals surface area contributed by atoms with Gasteiger partial charge in [0.15, 0.2) is 0 Å². The van der Waals surface area contributed by atoms with Crippen LogP contribution < -0.4 is 5.32 Å². The molecule has 0 saturated heterocycles. The van der Waals surface area contributed by atoms with Gasteiger partial charge >= 0.3 is 0 Å². The van der Waals surface area contributed by atoms with Crippen molar-refractivity contribution in [1.29, 1.82) is 0 Å². The second kappa shape index (κ2) is 7.23. The topological polar surface area (TPSA) is 38.3 Å². The quantitative estimate of drug-likeness (QED) is 0.632. The highest BCUT2D eigenvalue weighted by atomic mass is 79.9. The second-order valence-corrected chi connectivity index (χ2v) is 5.14. The Labute approximate surface area is 100 Å². The summed E-state index contributed by atoms with van der Waals surface area (Å²) in [5.74, 6) is 0.00759. The molecular weight excluding hydrogens is 258 g/mol. The molecule has 0 spiro atoms. The number of alkyl halides is 1. The molecule has 2 atom stereocenters. The number of rotatable bonds is 4. The van der Waals surface area contributed by atoms with E-state index in [2.05, 4.69) is 21.2 Å². The number of halogens is 1. The number of carbonyl (C=O) groups is 1. The van der Waals surface area contributed by atoms with Gasteiger partial charge < -0.3 is 10.1 Å². The van der Waals surface area contributed by atoms with Crippen LogP contribution in [0.2, 0.25) is 0 Å². The van der Waals surface area contributed by atoms with Gasteiger partial charge in [-0.05, 0) is 19.8 Å². The Morgan fingerprint density at radius 1 is 1.40 bits per heavy atom. The van der Waals surface area contributed by atoms with Crippen LogP contribution in [0.1, 0.15) is 39.0 Å². The summed E-state index contributed by atoms with van der Waals surface area (Å²) in [6.45, 7) is 2.68. The van der Waals surface area contributed by atoms with E-state index in [9.17, 15) is 4.79 Å². The van der Waals surface area contributed by atoms with Gasteiger partial charge in [-0.3, -0.25) is 4.79 Å². The molecule has 0 aromatic heterocycles. The van der Waals surface area contributed by atoms with Crippen LogP contribution in [0.3, 0.4) is 0 Å². The summed E-state index contributed by atoms with van der Waals surface area (Å²) in [5.41, 5.74) is 0. The van der Waals surface area contributed by atoms with Crippen molar-refractivity contribution in [3.05, 3.63) is 0 Å². The lowest BCUT2D eigenvalue weighted by molar-refractivity contribution is -0.126. The highest BCUT2D eigenvalue weighted by Crippen LogP contribution is 2.23. The van der Waals surface area contributed by atoms with E-state index in [4.69, 9.17) is 4.74 Å². The Hall–Kier alpha value is -0.0900. The van der Waals surface area contributed by atoms with Gasteiger partial charge in [-0.2, -0.15) is 0 Å². The molecule has 1 aliphatic rings. The Morgan fingerprint density at radius 3 is 2.87 bits per heavy atom. The lowest BCUT2D eigenvalue weighted by atomic mass is 10.1. The van der Waals surface area contributed by atoms with E-state index >= 15 is 0 Å². The first-order valence-electron chi connectivity index (χ1n) is 5.75. The zero-order chi connectivity index (χ0) is 11.1. The minimum atomic E-state index is 0.00759. The molecule has 1 saturated carbocycles. The zero-order valence-corrected chi connectivity index (χ0v) is 10.9. The second-order valence-electron chi connectivity index (χ2n) is 3.97. The molecule has 1 amide bonds. The van der Waals surface area contributed by atoms with Gasteiger partial charge in [0.1, 0.15) is 6.61 Å². The van der Waals surface area contributed by atoms with E-state index in [1.165, 1.54) is 19.3 Å². The Balaban J connectivity index is 2.30. The standard InChI is InChI=1S/C11H20BrNO2/c1-2-15-8-11(14)13-10-7-5-3-4-6-9(10)12/h9-10H,2-8H2,1H3,(H,13,14). The van der Waals surface area contributed by atoms with Crippen molar-refractivity contribution in [3.63, 3.8) is 0 Å². The van der Waals surface area contributed by atoms with E-state index < -0.39 is 0 Å². The minimum Gasteiger partial charge on any atom is -0.372 e. The smallest absolute Gasteiger partial charge is 0.246 e. The molecule has 2 unspecified atom stereocenters. The molecular formula is C11H20BrNO2. The average molecular weight is 278 g/mol. The third kappa shape index (κ3) is 4.98. The number of amides is 1. The molecule has 0 heterocycles. The van der Waals surface area contributed by atoms with Gasteiger partial charge in [-0.15, -0.1) is 0 Å². The van der Waals surface area contributed by atoms with Gasteiger partial charge in [0.2, 0.25) is 5.91 Å². The first-order chi connectivity index (χ1) is 7.24. The average Bonchev–Trinajstić information content (AvgIpc) is 2.42. The van der Waals surface area contributed by atoms with Crippen LogP contribution in [-0.4, -0.2) is 30.0 Å². The van der Waals surface area contributed by atoms with E-state index in [0.717, 1.165) is 12.8 Å². The van der Waals surface area contributed by atoms with Crippen LogP contribution in [0.25, 0.3) is 0 Å². The summed E-state index contributed by atoms with van der Waals surface area (Å²) >= 11 is 3.65. The SMILES string of the molecule is CCOCC(=O)NC1CCCCCC1Br. The Kier molecular flexibility index (Phi) is 6.25. The molecule has 88 valence electrons. The van der Waals surface area contributed by atoms with E-state index in [0.29, 0.717) is 11.4 Å². The molecule has 1 fully saturated rings. The molecule has 0 bridgehead atoms. The maximum absolute atomic E-state index is 11.5. The largest absolute Gasteiger partial charge is 0.372 e. The first-order valence-corrected chi connectivity index (χ1v) is 6.66. The molecule has 3 nitrogen and oxygen atoms in total. The van der Waals surface area contributed by atoms with Crippen molar-refractivity contribution in [2.45, 2.75) is 49.9 Å². The summed E-state index contributed by atoms with van der Waals surface area (Å²) in [4.78, 5) is 11.9. The Morgan fingerprint density at radius 2 is 2.13 bits per heavy atom. The van der Waals surface area contributed by atoms with Crippen LogP contribution in [-0.2, 0) is 9.53 Å². The summed E-state index contributed by atoms with van der Waals surface area (Å²) in [5, 5.41) is 3.03. The van der Waals surface area contributed by atoms with Gasteiger partial charge in [-0.25, -0.2) is 0 Å². The van der Waals surface area contributed by atoms with E-state index in [-0.39, 0.29) is 18.6 Å². The summed E-state index contributed by atoms with van der Waals surface area (Å²) < 4.78 is 5.08. The minimum absolute atomic E-state index is 0.00759. The van der Waals surface area contributed by atoms with Crippen LogP contribution in [0.5, 0.6) is 0 Å². The number of nitrogens with one attached hydrogen (secondary N) is 1. The van der Waals surface area contributed by atoms with Crippen LogP contribution in [0.15, 0.2) is 0 Å². The lowest BCUT2D eigenvalue weighted by Crippen LogP contribution is -2.42. The summed E-state index contributed by atoms with van der Waals surface area (Å²) in [6.07, 6.45) is 5.97. The maximum Gasteiger partial charge on any atom is 0.246 e. The molecule has 0 aromatic rings. The highest BCUT2D eigenvalue weighted by Gasteiger charge is 2.22. The van der Waals surface area contributed by atoms with Crippen LogP contribution in [0, 0.1) is 0 Å². The fourth-order valence-corrected chi connectivity index (χ4v) is 2.59. The third-order valence-corrected chi connectivity index (χ3v) is 3.81. The predicted molar refractivity (Wildman–Crippen MR) is 64.2 cm³/mol. The van der Waals surface area contributed by atoms with E-state index in [1.807, 2.05) is 6.92 Å². The highest BCUT2D eigenvalue weighted by molar-refractivity contribution is 9.09. The van der Waals surface area contributed by atoms with Crippen LogP contribution in [0.4, 0.5) is 0 Å². The number of hydrogen-bond donors (Lipinski definition) is 1. The molecule has 0 radical (unpaired) electrons. The summed E-state index contributed by atoms with van der Waals surface area (Å²) in [7, 11) is 0.